The van der Waals surface area contributed by atoms with Crippen molar-refractivity contribution in [1.29, 1.82) is 0 Å². The van der Waals surface area contributed by atoms with Crippen molar-refractivity contribution in [3.05, 3.63) is 42.5 Å². The molecule has 1 rings (SSSR count). The molecule has 0 saturated heterocycles. The summed E-state index contributed by atoms with van der Waals surface area (Å²) in [6.45, 7) is 5.58. The summed E-state index contributed by atoms with van der Waals surface area (Å²) in [6.07, 6.45) is 0.577. The average Bonchev–Trinajstić information content (AvgIpc) is 2.26. The molecule has 0 atom stereocenters. The molecule has 0 aliphatic heterocycles. The van der Waals surface area contributed by atoms with Crippen molar-refractivity contribution in [2.45, 2.75) is 13.3 Å². The van der Waals surface area contributed by atoms with Gasteiger partial charge in [0.15, 0.2) is 0 Å². The molecule has 16 heavy (non-hydrogen) atoms. The van der Waals surface area contributed by atoms with Gasteiger partial charge in [0.2, 0.25) is 0 Å². The maximum atomic E-state index is 11.7. The normalized spacial score (nSPS) is 11.3. The molecule has 88 valence electrons. The SMILES string of the molecule is C=C(C)CCS(=O)(=O)C[Se]c1ccccc1. The zero-order valence-corrected chi connectivity index (χ0v) is 11.9. The molecule has 0 aromatic heterocycles. The molecular formula is C12H16O2SSe. The van der Waals surface area contributed by atoms with E-state index in [1.165, 1.54) is 0 Å². The van der Waals surface area contributed by atoms with Gasteiger partial charge in [-0.05, 0) is 0 Å². The Kier molecular flexibility index (Phi) is 5.26. The monoisotopic (exact) mass is 304 g/mol. The first-order valence-corrected chi connectivity index (χ1v) is 8.91. The molecule has 2 nitrogen and oxygen atoms in total. The van der Waals surface area contributed by atoms with E-state index < -0.39 is 9.84 Å². The first-order chi connectivity index (χ1) is 7.49. The zero-order chi connectivity index (χ0) is 12.0. The van der Waals surface area contributed by atoms with Crippen molar-refractivity contribution in [2.75, 3.05) is 10.4 Å². The van der Waals surface area contributed by atoms with Crippen molar-refractivity contribution in [3.63, 3.8) is 0 Å². The molecular weight excluding hydrogens is 287 g/mol. The van der Waals surface area contributed by atoms with Crippen molar-refractivity contribution >= 4 is 29.3 Å². The van der Waals surface area contributed by atoms with Gasteiger partial charge < -0.3 is 0 Å². The first-order valence-electron chi connectivity index (χ1n) is 5.02. The third-order valence-electron chi connectivity index (χ3n) is 1.99. The van der Waals surface area contributed by atoms with Gasteiger partial charge in [-0.15, -0.1) is 0 Å². The molecule has 0 fully saturated rings. The molecule has 4 heteroatoms. The van der Waals surface area contributed by atoms with Gasteiger partial charge in [-0.25, -0.2) is 0 Å². The Bertz CT molecular complexity index is 437. The van der Waals surface area contributed by atoms with Gasteiger partial charge in [0.1, 0.15) is 0 Å². The summed E-state index contributed by atoms with van der Waals surface area (Å²) in [6, 6.07) is 9.78. The summed E-state index contributed by atoms with van der Waals surface area (Å²) in [7, 11) is -2.91. The van der Waals surface area contributed by atoms with Gasteiger partial charge >= 0.3 is 104 Å². The molecule has 0 radical (unpaired) electrons. The molecule has 1 aromatic rings. The summed E-state index contributed by atoms with van der Waals surface area (Å²) in [5, 5.41) is 0. The minimum absolute atomic E-state index is 0.0230. The van der Waals surface area contributed by atoms with Crippen molar-refractivity contribution in [2.24, 2.45) is 0 Å². The van der Waals surface area contributed by atoms with Crippen LogP contribution in [0.15, 0.2) is 42.5 Å². The van der Waals surface area contributed by atoms with Crippen LogP contribution in [0, 0.1) is 0 Å². The summed E-state index contributed by atoms with van der Waals surface area (Å²) in [4.78, 5) is 0. The van der Waals surface area contributed by atoms with Gasteiger partial charge in [0.25, 0.3) is 0 Å². The molecule has 0 spiro atoms. The number of hydrogen-bond acceptors (Lipinski definition) is 2. The molecule has 0 aliphatic carbocycles. The predicted octanol–water partition coefficient (Wildman–Crippen LogP) is 1.35. The minimum atomic E-state index is -2.91. The Morgan fingerprint density at radius 2 is 1.94 bits per heavy atom. The Hall–Kier alpha value is -0.571. The molecule has 0 amide bonds. The number of hydrogen-bond donors (Lipinski definition) is 0. The summed E-state index contributed by atoms with van der Waals surface area (Å²) in [5.41, 5.74) is 0.927. The van der Waals surface area contributed by atoms with Crippen LogP contribution in [-0.4, -0.2) is 33.8 Å². The maximum absolute atomic E-state index is 11.7. The van der Waals surface area contributed by atoms with E-state index in [2.05, 4.69) is 6.58 Å². The summed E-state index contributed by atoms with van der Waals surface area (Å²) < 4.78 is 24.8. The van der Waals surface area contributed by atoms with E-state index >= 15 is 0 Å². The van der Waals surface area contributed by atoms with Crippen LogP contribution in [0.1, 0.15) is 13.3 Å². The number of sulfone groups is 1. The van der Waals surface area contributed by atoms with Crippen LogP contribution in [0.5, 0.6) is 0 Å². The molecule has 0 N–H and O–H groups in total. The Morgan fingerprint density at radius 1 is 1.31 bits per heavy atom. The molecule has 1 aromatic carbocycles. The second-order valence-corrected chi connectivity index (χ2v) is 8.94. The third-order valence-corrected chi connectivity index (χ3v) is 7.56. The van der Waals surface area contributed by atoms with Crippen molar-refractivity contribution < 1.29 is 8.42 Å². The van der Waals surface area contributed by atoms with Crippen molar-refractivity contribution in [1.82, 2.24) is 0 Å². The molecule has 0 heterocycles. The second-order valence-electron chi connectivity index (χ2n) is 3.73. The molecule has 0 saturated carbocycles. The molecule has 0 bridgehead atoms. The average molecular weight is 303 g/mol. The van der Waals surface area contributed by atoms with Crippen LogP contribution in [0.2, 0.25) is 0 Å². The fourth-order valence-corrected chi connectivity index (χ4v) is 5.62. The zero-order valence-electron chi connectivity index (χ0n) is 9.35. The Labute approximate surface area is 104 Å². The Morgan fingerprint density at radius 3 is 2.50 bits per heavy atom. The number of benzene rings is 1. The number of rotatable bonds is 6. The van der Waals surface area contributed by atoms with Crippen LogP contribution in [-0.2, 0) is 9.84 Å². The standard InChI is InChI=1S/C12H16O2SSe/c1-11(2)8-9-15(13,14)10-16-12-6-4-3-5-7-12/h3-7H,1,8-10H2,2H3. The van der Waals surface area contributed by atoms with Crippen LogP contribution in [0.25, 0.3) is 0 Å². The second kappa shape index (κ2) is 6.24. The van der Waals surface area contributed by atoms with Crippen LogP contribution >= 0.6 is 0 Å². The van der Waals surface area contributed by atoms with E-state index in [-0.39, 0.29) is 25.4 Å². The summed E-state index contributed by atoms with van der Waals surface area (Å²) in [5.74, 6) is 0.233. The Balaban J connectivity index is 2.45. The van der Waals surface area contributed by atoms with E-state index in [9.17, 15) is 8.42 Å². The van der Waals surface area contributed by atoms with Gasteiger partial charge in [0, 0.05) is 0 Å². The van der Waals surface area contributed by atoms with E-state index in [4.69, 9.17) is 0 Å². The summed E-state index contributed by atoms with van der Waals surface area (Å²) >= 11 is 0.0230. The predicted molar refractivity (Wildman–Crippen MR) is 69.9 cm³/mol. The molecule has 0 unspecified atom stereocenters. The topological polar surface area (TPSA) is 34.1 Å². The van der Waals surface area contributed by atoms with E-state index in [1.54, 1.807) is 0 Å². The van der Waals surface area contributed by atoms with E-state index in [1.807, 2.05) is 37.3 Å². The van der Waals surface area contributed by atoms with E-state index in [0.717, 1.165) is 10.0 Å². The quantitative estimate of drug-likeness (QED) is 0.587. The molecule has 0 aliphatic rings. The van der Waals surface area contributed by atoms with E-state index in [0.29, 0.717) is 6.42 Å². The fourth-order valence-electron chi connectivity index (χ4n) is 1.06. The number of allylic oxidation sites excluding steroid dienone is 1. The fraction of sp³-hybridized carbons (Fsp3) is 0.333. The first kappa shape index (κ1) is 13.5. The third kappa shape index (κ3) is 5.50. The van der Waals surface area contributed by atoms with Gasteiger partial charge in [-0.1, -0.05) is 0 Å². The van der Waals surface area contributed by atoms with Crippen LogP contribution in [0.3, 0.4) is 0 Å². The van der Waals surface area contributed by atoms with Crippen molar-refractivity contribution in [3.8, 4) is 0 Å². The van der Waals surface area contributed by atoms with Gasteiger partial charge in [-0.2, -0.15) is 0 Å². The van der Waals surface area contributed by atoms with Gasteiger partial charge in [-0.3, -0.25) is 0 Å². The van der Waals surface area contributed by atoms with Crippen LogP contribution < -0.4 is 4.46 Å². The van der Waals surface area contributed by atoms with Gasteiger partial charge in [0.05, 0.1) is 0 Å². The van der Waals surface area contributed by atoms with Crippen LogP contribution in [0.4, 0.5) is 0 Å².